The number of rotatable bonds is 5. The number of fused-ring (bicyclic) bond motifs is 4. The first-order valence-electron chi connectivity index (χ1n) is 13.0. The fourth-order valence-electron chi connectivity index (χ4n) is 5.58. The lowest BCUT2D eigenvalue weighted by Gasteiger charge is -2.20. The molecule has 1 fully saturated rings. The standard InChI is InChI=1S/C31H29N7/c1-18-10-27-26(13-24(18)22-11-19(14-33-15-22)16-38(2)3)30(35-17-34-27)31-36-28-23(20-6-8-32-9-7-20)5-4-21-12-25(21)29(28)37-31/h4-11,13-15,25,34H,12,16-17H2,1-3H3,(H,36,37). The van der Waals surface area contributed by atoms with Gasteiger partial charge in [0.25, 0.3) is 0 Å². The quantitative estimate of drug-likeness (QED) is 0.389. The minimum absolute atomic E-state index is 0.405. The van der Waals surface area contributed by atoms with Gasteiger partial charge in [-0.3, -0.25) is 15.0 Å². The highest BCUT2D eigenvalue weighted by Crippen LogP contribution is 2.51. The largest absolute Gasteiger partial charge is 0.366 e. The average molecular weight is 500 g/mol. The second-order valence-electron chi connectivity index (χ2n) is 10.5. The summed E-state index contributed by atoms with van der Waals surface area (Å²) in [6, 6.07) is 10.8. The highest BCUT2D eigenvalue weighted by molar-refractivity contribution is 6.16. The van der Waals surface area contributed by atoms with E-state index in [4.69, 9.17) is 9.98 Å². The number of benzene rings is 1. The van der Waals surface area contributed by atoms with E-state index >= 15 is 0 Å². The lowest BCUT2D eigenvalue weighted by atomic mass is 9.94. The van der Waals surface area contributed by atoms with Gasteiger partial charge in [0.1, 0.15) is 12.4 Å². The van der Waals surface area contributed by atoms with Crippen LogP contribution >= 0.6 is 0 Å². The molecule has 1 atom stereocenters. The van der Waals surface area contributed by atoms with Crippen LogP contribution in [0.4, 0.5) is 5.69 Å². The Morgan fingerprint density at radius 1 is 0.974 bits per heavy atom. The molecular weight excluding hydrogens is 470 g/mol. The molecule has 0 amide bonds. The number of nitrogens with zero attached hydrogens (tertiary/aromatic N) is 5. The first-order valence-corrected chi connectivity index (χ1v) is 13.0. The van der Waals surface area contributed by atoms with Crippen molar-refractivity contribution in [3.63, 3.8) is 0 Å². The Kier molecular flexibility index (Phi) is 5.33. The number of nitrogens with one attached hydrogen (secondary N) is 2. The third kappa shape index (κ3) is 3.96. The van der Waals surface area contributed by atoms with Crippen molar-refractivity contribution in [3.8, 4) is 11.1 Å². The molecule has 7 rings (SSSR count). The highest BCUT2D eigenvalue weighted by atomic mass is 15.1. The summed E-state index contributed by atoms with van der Waals surface area (Å²) < 4.78 is 0. The Labute approximate surface area is 222 Å². The molecule has 0 spiro atoms. The Morgan fingerprint density at radius 2 is 1.84 bits per heavy atom. The number of aliphatic imine (C=N–C) groups is 1. The molecule has 1 aromatic carbocycles. The van der Waals surface area contributed by atoms with Crippen LogP contribution in [0.5, 0.6) is 0 Å². The molecule has 1 saturated carbocycles. The molecular formula is C31H29N7. The fourth-order valence-corrected chi connectivity index (χ4v) is 5.58. The zero-order chi connectivity index (χ0) is 25.8. The van der Waals surface area contributed by atoms with Crippen molar-refractivity contribution in [2.24, 2.45) is 4.99 Å². The summed E-state index contributed by atoms with van der Waals surface area (Å²) in [4.78, 5) is 24.7. The molecule has 188 valence electrons. The average Bonchev–Trinajstić information content (AvgIpc) is 3.59. The zero-order valence-electron chi connectivity index (χ0n) is 21.8. The van der Waals surface area contributed by atoms with Gasteiger partial charge in [0, 0.05) is 59.6 Å². The molecule has 0 bridgehead atoms. The van der Waals surface area contributed by atoms with Crippen molar-refractivity contribution in [3.05, 3.63) is 112 Å². The van der Waals surface area contributed by atoms with Gasteiger partial charge in [-0.15, -0.1) is 0 Å². The van der Waals surface area contributed by atoms with Crippen molar-refractivity contribution in [2.75, 3.05) is 26.1 Å². The van der Waals surface area contributed by atoms with E-state index in [-0.39, 0.29) is 0 Å². The number of hydrogen-bond acceptors (Lipinski definition) is 6. The topological polar surface area (TPSA) is 82.1 Å². The first kappa shape index (κ1) is 22.8. The van der Waals surface area contributed by atoms with Crippen molar-refractivity contribution < 1.29 is 0 Å². The summed E-state index contributed by atoms with van der Waals surface area (Å²) >= 11 is 0. The molecule has 3 aromatic heterocycles. The number of hydrogen-bond donors (Lipinski definition) is 2. The second kappa shape index (κ2) is 8.89. The number of H-pyrrole nitrogens is 1. The minimum Gasteiger partial charge on any atom is -0.366 e. The molecule has 2 N–H and O–H groups in total. The number of anilines is 1. The Hall–Kier alpha value is -4.36. The molecule has 0 radical (unpaired) electrons. The third-order valence-electron chi connectivity index (χ3n) is 7.47. The highest BCUT2D eigenvalue weighted by Gasteiger charge is 2.38. The van der Waals surface area contributed by atoms with Crippen molar-refractivity contribution in [1.29, 1.82) is 0 Å². The van der Waals surface area contributed by atoms with Crippen molar-refractivity contribution in [1.82, 2.24) is 24.8 Å². The van der Waals surface area contributed by atoms with Gasteiger partial charge in [-0.25, -0.2) is 4.98 Å². The van der Waals surface area contributed by atoms with Gasteiger partial charge in [-0.2, -0.15) is 0 Å². The van der Waals surface area contributed by atoms with Gasteiger partial charge in [-0.1, -0.05) is 17.7 Å². The second-order valence-corrected chi connectivity index (χ2v) is 10.5. The zero-order valence-corrected chi connectivity index (χ0v) is 21.8. The SMILES string of the molecule is Cc1cc2c(cc1-c1cncc(CN(C)C)c1)C(c1nc3c([nH]1)C1CC1=CC=C3c1ccncc1)=NCN2. The molecule has 1 unspecified atom stereocenters. The molecule has 1 aliphatic heterocycles. The monoisotopic (exact) mass is 499 g/mol. The van der Waals surface area contributed by atoms with E-state index in [0.29, 0.717) is 12.6 Å². The molecule has 7 nitrogen and oxygen atoms in total. The van der Waals surface area contributed by atoms with Gasteiger partial charge in [-0.05, 0) is 80.0 Å². The van der Waals surface area contributed by atoms with Crippen LogP contribution in [0.25, 0.3) is 16.7 Å². The Balaban J connectivity index is 1.32. The van der Waals surface area contributed by atoms with Crippen LogP contribution in [0.3, 0.4) is 0 Å². The van der Waals surface area contributed by atoms with Gasteiger partial charge in [0.2, 0.25) is 0 Å². The molecule has 4 heterocycles. The van der Waals surface area contributed by atoms with Crippen LogP contribution in [0.2, 0.25) is 0 Å². The van der Waals surface area contributed by atoms with E-state index in [9.17, 15) is 0 Å². The van der Waals surface area contributed by atoms with Gasteiger partial charge < -0.3 is 15.2 Å². The summed E-state index contributed by atoms with van der Waals surface area (Å²) in [5.41, 5.74) is 13.6. The molecule has 3 aliphatic rings. The third-order valence-corrected chi connectivity index (χ3v) is 7.47. The maximum atomic E-state index is 5.19. The van der Waals surface area contributed by atoms with E-state index in [2.05, 4.69) is 76.5 Å². The minimum atomic E-state index is 0.405. The summed E-state index contributed by atoms with van der Waals surface area (Å²) in [6.07, 6.45) is 13.1. The number of allylic oxidation sites excluding steroid dienone is 3. The fraction of sp³-hybridized carbons (Fsp3) is 0.226. The predicted octanol–water partition coefficient (Wildman–Crippen LogP) is 5.32. The van der Waals surface area contributed by atoms with Crippen LogP contribution in [0, 0.1) is 6.92 Å². The van der Waals surface area contributed by atoms with Crippen LogP contribution in [0.1, 0.15) is 51.8 Å². The van der Waals surface area contributed by atoms with Crippen molar-refractivity contribution in [2.45, 2.75) is 25.8 Å². The van der Waals surface area contributed by atoms with Gasteiger partial charge in [0.05, 0.1) is 11.4 Å². The number of pyridine rings is 2. The normalized spacial score (nSPS) is 17.4. The summed E-state index contributed by atoms with van der Waals surface area (Å²) in [7, 11) is 4.15. The predicted molar refractivity (Wildman–Crippen MR) is 151 cm³/mol. The summed E-state index contributed by atoms with van der Waals surface area (Å²) in [6.45, 7) is 3.53. The van der Waals surface area contributed by atoms with Gasteiger partial charge >= 0.3 is 0 Å². The molecule has 0 saturated heterocycles. The molecule has 4 aromatic rings. The summed E-state index contributed by atoms with van der Waals surface area (Å²) in [5, 5.41) is 3.46. The van der Waals surface area contributed by atoms with Crippen LogP contribution < -0.4 is 5.32 Å². The smallest absolute Gasteiger partial charge is 0.157 e. The van der Waals surface area contributed by atoms with Crippen LogP contribution in [-0.4, -0.2) is 51.3 Å². The van der Waals surface area contributed by atoms with Crippen molar-refractivity contribution >= 4 is 17.0 Å². The maximum absolute atomic E-state index is 5.19. The van der Waals surface area contributed by atoms with E-state index in [1.54, 1.807) is 0 Å². The number of imidazole rings is 1. The molecule has 2 aliphatic carbocycles. The summed E-state index contributed by atoms with van der Waals surface area (Å²) in [5.74, 6) is 1.22. The number of aromatic nitrogens is 4. The van der Waals surface area contributed by atoms with E-state index < -0.39 is 0 Å². The lowest BCUT2D eigenvalue weighted by molar-refractivity contribution is 0.402. The maximum Gasteiger partial charge on any atom is 0.157 e. The van der Waals surface area contributed by atoms with Gasteiger partial charge in [0.15, 0.2) is 5.82 Å². The van der Waals surface area contributed by atoms with E-state index in [1.165, 1.54) is 22.4 Å². The molecule has 7 heteroatoms. The Morgan fingerprint density at radius 3 is 2.68 bits per heavy atom. The number of aryl methyl sites for hydroxylation is 1. The van der Waals surface area contributed by atoms with E-state index in [0.717, 1.165) is 63.7 Å². The number of aromatic amines is 1. The van der Waals surface area contributed by atoms with Crippen LogP contribution in [0.15, 0.2) is 77.8 Å². The lowest BCUT2D eigenvalue weighted by Crippen LogP contribution is -2.18. The molecule has 38 heavy (non-hydrogen) atoms. The first-order chi connectivity index (χ1) is 18.5. The van der Waals surface area contributed by atoms with Crippen LogP contribution in [-0.2, 0) is 6.54 Å². The van der Waals surface area contributed by atoms with E-state index in [1.807, 2.05) is 36.9 Å². The Bertz CT molecular complexity index is 1660.